The fourth-order valence-corrected chi connectivity index (χ4v) is 2.59. The molecule has 122 valence electrons. The summed E-state index contributed by atoms with van der Waals surface area (Å²) in [6.07, 6.45) is 4.81. The maximum Gasteiger partial charge on any atom is 0.306 e. The molecule has 0 saturated carbocycles. The summed E-state index contributed by atoms with van der Waals surface area (Å²) in [5.41, 5.74) is 5.03. The quantitative estimate of drug-likeness (QED) is 0.627. The summed E-state index contributed by atoms with van der Waals surface area (Å²) in [4.78, 5) is 11.4. The molecule has 0 aliphatic carbocycles. The van der Waals surface area contributed by atoms with Gasteiger partial charge in [-0.15, -0.1) is 0 Å². The minimum atomic E-state index is -0.126. The van der Waals surface area contributed by atoms with Crippen LogP contribution in [0.3, 0.4) is 0 Å². The molecule has 0 saturated heterocycles. The van der Waals surface area contributed by atoms with Crippen LogP contribution in [0, 0.1) is 0 Å². The first-order valence-corrected chi connectivity index (χ1v) is 8.56. The van der Waals surface area contributed by atoms with Crippen LogP contribution in [0.15, 0.2) is 48.5 Å². The van der Waals surface area contributed by atoms with Crippen LogP contribution >= 0.6 is 0 Å². The molecule has 0 fully saturated rings. The molecule has 0 heterocycles. The van der Waals surface area contributed by atoms with Gasteiger partial charge in [-0.2, -0.15) is 0 Å². The molecule has 0 aliphatic heterocycles. The standard InChI is InChI=1S/C21H26O2/c1-3-5-6-17-7-12-19(13-8-17)20-14-9-18(10-15-20)11-16-21(22)23-4-2/h7-10,12-15H,3-6,11,16H2,1-2H3. The smallest absolute Gasteiger partial charge is 0.306 e. The van der Waals surface area contributed by atoms with E-state index >= 15 is 0 Å². The van der Waals surface area contributed by atoms with E-state index in [0.717, 1.165) is 12.8 Å². The van der Waals surface area contributed by atoms with Gasteiger partial charge < -0.3 is 4.74 Å². The topological polar surface area (TPSA) is 26.3 Å². The second kappa shape index (κ2) is 9.14. The van der Waals surface area contributed by atoms with Gasteiger partial charge in [-0.3, -0.25) is 4.79 Å². The monoisotopic (exact) mass is 310 g/mol. The number of esters is 1. The van der Waals surface area contributed by atoms with Crippen LogP contribution in [0.25, 0.3) is 11.1 Å². The molecule has 0 bridgehead atoms. The molecule has 0 radical (unpaired) electrons. The first-order chi connectivity index (χ1) is 11.2. The zero-order chi connectivity index (χ0) is 16.5. The van der Waals surface area contributed by atoms with Crippen LogP contribution in [0.1, 0.15) is 44.2 Å². The highest BCUT2D eigenvalue weighted by Gasteiger charge is 2.03. The molecule has 2 heteroatoms. The van der Waals surface area contributed by atoms with E-state index in [1.807, 2.05) is 6.92 Å². The van der Waals surface area contributed by atoms with E-state index in [4.69, 9.17) is 4.74 Å². The zero-order valence-corrected chi connectivity index (χ0v) is 14.2. The van der Waals surface area contributed by atoms with Gasteiger partial charge in [0.1, 0.15) is 0 Å². The predicted octanol–water partition coefficient (Wildman–Crippen LogP) is 5.19. The van der Waals surface area contributed by atoms with Gasteiger partial charge >= 0.3 is 5.97 Å². The Hall–Kier alpha value is -2.09. The van der Waals surface area contributed by atoms with Gasteiger partial charge in [-0.25, -0.2) is 0 Å². The average molecular weight is 310 g/mol. The van der Waals surface area contributed by atoms with Crippen LogP contribution in [0.4, 0.5) is 0 Å². The molecule has 2 nitrogen and oxygen atoms in total. The van der Waals surface area contributed by atoms with Crippen molar-refractivity contribution in [2.75, 3.05) is 6.61 Å². The van der Waals surface area contributed by atoms with E-state index in [-0.39, 0.29) is 5.97 Å². The summed E-state index contributed by atoms with van der Waals surface area (Å²) < 4.78 is 4.96. The molecule has 0 aromatic heterocycles. The minimum Gasteiger partial charge on any atom is -0.466 e. The van der Waals surface area contributed by atoms with Gasteiger partial charge in [0, 0.05) is 6.42 Å². The zero-order valence-electron chi connectivity index (χ0n) is 14.2. The first kappa shape index (κ1) is 17.3. The molecule has 0 unspecified atom stereocenters. The first-order valence-electron chi connectivity index (χ1n) is 8.56. The lowest BCUT2D eigenvalue weighted by Gasteiger charge is -2.06. The molecule has 0 spiro atoms. The Bertz CT molecular complexity index is 597. The predicted molar refractivity (Wildman–Crippen MR) is 95.4 cm³/mol. The number of carbonyl (C=O) groups excluding carboxylic acids is 1. The van der Waals surface area contributed by atoms with Crippen molar-refractivity contribution in [3.05, 3.63) is 59.7 Å². The molecular weight excluding hydrogens is 284 g/mol. The molecule has 0 amide bonds. The number of hydrogen-bond donors (Lipinski definition) is 0. The van der Waals surface area contributed by atoms with Gasteiger partial charge in [0.25, 0.3) is 0 Å². The highest BCUT2D eigenvalue weighted by atomic mass is 16.5. The van der Waals surface area contributed by atoms with Crippen LogP contribution in [-0.2, 0) is 22.4 Å². The maximum absolute atomic E-state index is 11.4. The van der Waals surface area contributed by atoms with Gasteiger partial charge in [0.05, 0.1) is 6.61 Å². The summed E-state index contributed by atoms with van der Waals surface area (Å²) in [5.74, 6) is -0.126. The Morgan fingerprint density at radius 3 is 1.83 bits per heavy atom. The van der Waals surface area contributed by atoms with E-state index < -0.39 is 0 Å². The maximum atomic E-state index is 11.4. The fraction of sp³-hybridized carbons (Fsp3) is 0.381. The molecular formula is C21H26O2. The molecule has 0 aliphatic rings. The van der Waals surface area contributed by atoms with Crippen molar-refractivity contribution in [1.82, 2.24) is 0 Å². The number of unbranched alkanes of at least 4 members (excludes halogenated alkanes) is 1. The fourth-order valence-electron chi connectivity index (χ4n) is 2.59. The second-order valence-electron chi connectivity index (χ2n) is 5.80. The molecule has 2 rings (SSSR count). The van der Waals surface area contributed by atoms with E-state index in [0.29, 0.717) is 13.0 Å². The molecule has 0 N–H and O–H groups in total. The number of hydrogen-bond acceptors (Lipinski definition) is 2. The molecule has 0 atom stereocenters. The van der Waals surface area contributed by atoms with E-state index in [1.54, 1.807) is 0 Å². The number of rotatable bonds is 8. The Kier molecular flexibility index (Phi) is 6.86. The van der Waals surface area contributed by atoms with E-state index in [2.05, 4.69) is 55.5 Å². The average Bonchev–Trinajstić information content (AvgIpc) is 2.59. The largest absolute Gasteiger partial charge is 0.466 e. The van der Waals surface area contributed by atoms with E-state index in [1.165, 1.54) is 35.1 Å². The van der Waals surface area contributed by atoms with Crippen molar-refractivity contribution in [2.45, 2.75) is 46.0 Å². The van der Waals surface area contributed by atoms with E-state index in [9.17, 15) is 4.79 Å². The van der Waals surface area contributed by atoms with Crippen molar-refractivity contribution >= 4 is 5.97 Å². The second-order valence-corrected chi connectivity index (χ2v) is 5.80. The lowest BCUT2D eigenvalue weighted by atomic mass is 10.00. The Morgan fingerprint density at radius 2 is 1.35 bits per heavy atom. The van der Waals surface area contributed by atoms with Crippen molar-refractivity contribution in [2.24, 2.45) is 0 Å². The molecule has 2 aromatic rings. The Balaban J connectivity index is 1.94. The van der Waals surface area contributed by atoms with Crippen LogP contribution in [-0.4, -0.2) is 12.6 Å². The Morgan fingerprint density at radius 1 is 0.826 bits per heavy atom. The third kappa shape index (κ3) is 5.55. The normalized spacial score (nSPS) is 10.5. The van der Waals surface area contributed by atoms with Crippen molar-refractivity contribution in [1.29, 1.82) is 0 Å². The van der Waals surface area contributed by atoms with Gasteiger partial charge in [0.15, 0.2) is 0 Å². The number of ether oxygens (including phenoxy) is 1. The number of aryl methyl sites for hydroxylation is 2. The van der Waals surface area contributed by atoms with Crippen LogP contribution < -0.4 is 0 Å². The summed E-state index contributed by atoms with van der Waals surface area (Å²) in [7, 11) is 0. The van der Waals surface area contributed by atoms with Gasteiger partial charge in [-0.1, -0.05) is 61.9 Å². The summed E-state index contributed by atoms with van der Waals surface area (Å²) in [6, 6.07) is 17.3. The van der Waals surface area contributed by atoms with Crippen LogP contribution in [0.5, 0.6) is 0 Å². The number of benzene rings is 2. The molecule has 23 heavy (non-hydrogen) atoms. The lowest BCUT2D eigenvalue weighted by molar-refractivity contribution is -0.143. The highest BCUT2D eigenvalue weighted by molar-refractivity contribution is 5.70. The summed E-state index contributed by atoms with van der Waals surface area (Å²) in [5, 5.41) is 0. The van der Waals surface area contributed by atoms with Crippen molar-refractivity contribution < 1.29 is 9.53 Å². The third-order valence-corrected chi connectivity index (χ3v) is 3.98. The summed E-state index contributed by atoms with van der Waals surface area (Å²) in [6.45, 7) is 4.50. The van der Waals surface area contributed by atoms with Crippen molar-refractivity contribution in [3.8, 4) is 11.1 Å². The van der Waals surface area contributed by atoms with Gasteiger partial charge in [0.2, 0.25) is 0 Å². The number of carbonyl (C=O) groups is 1. The third-order valence-electron chi connectivity index (χ3n) is 3.98. The minimum absolute atomic E-state index is 0.126. The molecule has 2 aromatic carbocycles. The van der Waals surface area contributed by atoms with Crippen molar-refractivity contribution in [3.63, 3.8) is 0 Å². The summed E-state index contributed by atoms with van der Waals surface area (Å²) >= 11 is 0. The highest BCUT2D eigenvalue weighted by Crippen LogP contribution is 2.21. The lowest BCUT2D eigenvalue weighted by Crippen LogP contribution is -2.05. The SMILES string of the molecule is CCCCc1ccc(-c2ccc(CCC(=O)OCC)cc2)cc1. The Labute approximate surface area is 139 Å². The van der Waals surface area contributed by atoms with Crippen LogP contribution in [0.2, 0.25) is 0 Å². The van der Waals surface area contributed by atoms with Gasteiger partial charge in [-0.05, 0) is 48.4 Å².